The van der Waals surface area contributed by atoms with E-state index < -0.39 is 5.60 Å². The zero-order valence-electron chi connectivity index (χ0n) is 16.1. The molecule has 1 N–H and O–H groups in total. The second-order valence-corrected chi connectivity index (χ2v) is 8.31. The number of pyridine rings is 1. The number of β-amino-alcohol motifs (C(OH)–C–C–N with tert-alkyl or cyclic N) is 1. The van der Waals surface area contributed by atoms with E-state index in [9.17, 15) is 5.11 Å². The number of nitrogens with zero attached hydrogens (tertiary/aromatic N) is 2. The second kappa shape index (κ2) is 6.07. The van der Waals surface area contributed by atoms with E-state index >= 15 is 0 Å². The second-order valence-electron chi connectivity index (χ2n) is 8.31. The number of benzene rings is 2. The van der Waals surface area contributed by atoms with Gasteiger partial charge in [-0.2, -0.15) is 0 Å². The van der Waals surface area contributed by atoms with Crippen LogP contribution in [0, 0.1) is 13.8 Å². The van der Waals surface area contributed by atoms with Crippen LogP contribution >= 0.6 is 0 Å². The van der Waals surface area contributed by atoms with Gasteiger partial charge in [0.05, 0.1) is 12.1 Å². The van der Waals surface area contributed by atoms with E-state index in [1.54, 1.807) is 0 Å². The van der Waals surface area contributed by atoms with Crippen LogP contribution in [0.2, 0.25) is 0 Å². The van der Waals surface area contributed by atoms with Gasteiger partial charge in [0, 0.05) is 11.9 Å². The number of anilines is 1. The highest BCUT2D eigenvalue weighted by molar-refractivity contribution is 5.86. The predicted molar refractivity (Wildman–Crippen MR) is 110 cm³/mol. The molecule has 3 nitrogen and oxygen atoms in total. The molecule has 1 aliphatic carbocycles. The fourth-order valence-corrected chi connectivity index (χ4v) is 4.91. The van der Waals surface area contributed by atoms with Gasteiger partial charge < -0.3 is 10.0 Å². The Balaban J connectivity index is 1.51. The van der Waals surface area contributed by atoms with E-state index in [1.807, 2.05) is 12.1 Å². The van der Waals surface area contributed by atoms with E-state index in [2.05, 4.69) is 49.1 Å². The third kappa shape index (κ3) is 2.72. The largest absolute Gasteiger partial charge is 0.383 e. The van der Waals surface area contributed by atoms with Gasteiger partial charge in [-0.1, -0.05) is 24.3 Å². The fourth-order valence-electron chi connectivity index (χ4n) is 4.91. The lowest BCUT2D eigenvalue weighted by atomic mass is 9.89. The molecule has 3 heteroatoms. The van der Waals surface area contributed by atoms with E-state index in [0.29, 0.717) is 6.54 Å². The SMILES string of the molecule is Cc1ccccc1C1(O)CCN(c2cc(C)c3cc4c(cc3n2)CCC4)C1. The summed E-state index contributed by atoms with van der Waals surface area (Å²) < 4.78 is 0. The third-order valence-corrected chi connectivity index (χ3v) is 6.43. The summed E-state index contributed by atoms with van der Waals surface area (Å²) in [7, 11) is 0. The maximum Gasteiger partial charge on any atom is 0.129 e. The summed E-state index contributed by atoms with van der Waals surface area (Å²) in [6, 6.07) is 15.0. The van der Waals surface area contributed by atoms with Crippen LogP contribution in [0.3, 0.4) is 0 Å². The highest BCUT2D eigenvalue weighted by Gasteiger charge is 2.39. The molecular formula is C24H26N2O. The molecule has 138 valence electrons. The first-order valence-corrected chi connectivity index (χ1v) is 10.0. The van der Waals surface area contributed by atoms with Crippen molar-refractivity contribution in [2.24, 2.45) is 0 Å². The van der Waals surface area contributed by atoms with Crippen LogP contribution in [-0.2, 0) is 18.4 Å². The summed E-state index contributed by atoms with van der Waals surface area (Å²) >= 11 is 0. The highest BCUT2D eigenvalue weighted by atomic mass is 16.3. The first-order valence-electron chi connectivity index (χ1n) is 10.0. The molecule has 1 aromatic heterocycles. The van der Waals surface area contributed by atoms with Crippen molar-refractivity contribution in [2.75, 3.05) is 18.0 Å². The summed E-state index contributed by atoms with van der Waals surface area (Å²) in [5.41, 5.74) is 6.73. The number of aryl methyl sites for hydroxylation is 4. The number of hydrogen-bond acceptors (Lipinski definition) is 3. The summed E-state index contributed by atoms with van der Waals surface area (Å²) in [5, 5.41) is 12.6. The van der Waals surface area contributed by atoms with Crippen molar-refractivity contribution in [2.45, 2.75) is 45.1 Å². The molecule has 0 amide bonds. The molecule has 1 atom stereocenters. The van der Waals surface area contributed by atoms with Crippen molar-refractivity contribution in [3.05, 3.63) is 70.3 Å². The molecule has 27 heavy (non-hydrogen) atoms. The molecule has 3 aromatic rings. The van der Waals surface area contributed by atoms with Gasteiger partial charge in [0.1, 0.15) is 11.4 Å². The van der Waals surface area contributed by atoms with Crippen LogP contribution in [0.25, 0.3) is 10.9 Å². The molecule has 1 saturated heterocycles. The van der Waals surface area contributed by atoms with Crippen molar-refractivity contribution in [1.29, 1.82) is 0 Å². The third-order valence-electron chi connectivity index (χ3n) is 6.43. The highest BCUT2D eigenvalue weighted by Crippen LogP contribution is 2.37. The topological polar surface area (TPSA) is 36.4 Å². The Morgan fingerprint density at radius 1 is 1.00 bits per heavy atom. The molecule has 0 bridgehead atoms. The van der Waals surface area contributed by atoms with Crippen LogP contribution in [0.5, 0.6) is 0 Å². The van der Waals surface area contributed by atoms with Gasteiger partial charge in [-0.25, -0.2) is 4.98 Å². The molecule has 1 fully saturated rings. The van der Waals surface area contributed by atoms with E-state index in [-0.39, 0.29) is 0 Å². The van der Waals surface area contributed by atoms with Crippen LogP contribution < -0.4 is 4.90 Å². The maximum atomic E-state index is 11.3. The Bertz CT molecular complexity index is 1040. The van der Waals surface area contributed by atoms with Crippen LogP contribution in [-0.4, -0.2) is 23.2 Å². The Kier molecular flexibility index (Phi) is 3.76. The molecule has 0 radical (unpaired) electrons. The normalized spacial score (nSPS) is 21.8. The number of rotatable bonds is 2. The van der Waals surface area contributed by atoms with Crippen LogP contribution in [0.1, 0.15) is 40.7 Å². The van der Waals surface area contributed by atoms with Crippen molar-refractivity contribution < 1.29 is 5.11 Å². The minimum Gasteiger partial charge on any atom is -0.383 e. The number of aromatic nitrogens is 1. The lowest BCUT2D eigenvalue weighted by Gasteiger charge is -2.26. The molecule has 0 saturated carbocycles. The van der Waals surface area contributed by atoms with Gasteiger partial charge in [0.2, 0.25) is 0 Å². The van der Waals surface area contributed by atoms with Gasteiger partial charge in [0.25, 0.3) is 0 Å². The minimum absolute atomic E-state index is 0.598. The van der Waals surface area contributed by atoms with E-state index in [4.69, 9.17) is 4.98 Å². The molecule has 5 rings (SSSR count). The predicted octanol–water partition coefficient (Wildman–Crippen LogP) is 4.44. The van der Waals surface area contributed by atoms with Gasteiger partial charge in [-0.05, 0) is 85.5 Å². The van der Waals surface area contributed by atoms with Gasteiger partial charge in [0.15, 0.2) is 0 Å². The monoisotopic (exact) mass is 358 g/mol. The number of fused-ring (bicyclic) bond motifs is 2. The van der Waals surface area contributed by atoms with Crippen molar-refractivity contribution in [1.82, 2.24) is 4.98 Å². The molecule has 2 aromatic carbocycles. The number of aliphatic hydroxyl groups is 1. The summed E-state index contributed by atoms with van der Waals surface area (Å²) in [6.07, 6.45) is 4.36. The summed E-state index contributed by atoms with van der Waals surface area (Å²) in [4.78, 5) is 7.23. The smallest absolute Gasteiger partial charge is 0.129 e. The fraction of sp³-hybridized carbons (Fsp3) is 0.375. The average Bonchev–Trinajstić information content (AvgIpc) is 3.27. The first kappa shape index (κ1) is 16.8. The summed E-state index contributed by atoms with van der Waals surface area (Å²) in [5.74, 6) is 0.988. The molecule has 1 aliphatic heterocycles. The Morgan fingerprint density at radius 2 is 1.78 bits per heavy atom. The van der Waals surface area contributed by atoms with E-state index in [1.165, 1.54) is 41.3 Å². The van der Waals surface area contributed by atoms with E-state index in [0.717, 1.165) is 35.4 Å². The van der Waals surface area contributed by atoms with Gasteiger partial charge >= 0.3 is 0 Å². The van der Waals surface area contributed by atoms with Crippen molar-refractivity contribution >= 4 is 16.7 Å². The van der Waals surface area contributed by atoms with Crippen LogP contribution in [0.4, 0.5) is 5.82 Å². The Hall–Kier alpha value is -2.39. The summed E-state index contributed by atoms with van der Waals surface area (Å²) in [6.45, 7) is 5.68. The Morgan fingerprint density at radius 3 is 2.59 bits per heavy atom. The zero-order valence-corrected chi connectivity index (χ0v) is 16.1. The van der Waals surface area contributed by atoms with Gasteiger partial charge in [-0.3, -0.25) is 0 Å². The molecule has 0 spiro atoms. The molecular weight excluding hydrogens is 332 g/mol. The molecule has 1 unspecified atom stereocenters. The molecule has 2 aliphatic rings. The first-order chi connectivity index (χ1) is 13.0. The zero-order chi connectivity index (χ0) is 18.6. The molecule has 2 heterocycles. The maximum absolute atomic E-state index is 11.3. The minimum atomic E-state index is -0.798. The van der Waals surface area contributed by atoms with Crippen LogP contribution in [0.15, 0.2) is 42.5 Å². The van der Waals surface area contributed by atoms with Gasteiger partial charge in [-0.15, -0.1) is 0 Å². The average molecular weight is 358 g/mol. The van der Waals surface area contributed by atoms with Crippen molar-refractivity contribution in [3.63, 3.8) is 0 Å². The lowest BCUT2D eigenvalue weighted by Crippen LogP contribution is -2.31. The van der Waals surface area contributed by atoms with Crippen molar-refractivity contribution in [3.8, 4) is 0 Å². The lowest BCUT2D eigenvalue weighted by molar-refractivity contribution is 0.0600. The quantitative estimate of drug-likeness (QED) is 0.736. The standard InChI is InChI=1S/C24H26N2O/c1-16-6-3-4-9-21(16)24(27)10-11-26(15-24)23-12-17(2)20-13-18-7-5-8-19(18)14-22(20)25-23/h3-4,6,9,12-14,27H,5,7-8,10-11,15H2,1-2H3. The number of hydrogen-bond donors (Lipinski definition) is 1. The Labute approximate surface area is 160 Å².